The van der Waals surface area contributed by atoms with Crippen LogP contribution in [0.2, 0.25) is 0 Å². The van der Waals surface area contributed by atoms with Crippen LogP contribution in [0, 0.1) is 0 Å². The maximum atomic E-state index is 11.4. The lowest BCUT2D eigenvalue weighted by molar-refractivity contribution is 0.0994. The van der Waals surface area contributed by atoms with Crippen LogP contribution in [0.5, 0.6) is 0 Å². The number of nitrogens with zero attached hydrogens (tertiary/aromatic N) is 1. The third-order valence-electron chi connectivity index (χ3n) is 2.76. The molecule has 2 nitrogen and oxygen atoms in total. The fourth-order valence-corrected chi connectivity index (χ4v) is 2.51. The fraction of sp³-hybridized carbons (Fsp3) is 0.167. The second kappa shape index (κ2) is 3.28. The normalized spacial score (nSPS) is 14.3. The number of fused-ring (bicyclic) bond motifs is 1. The second-order valence-electron chi connectivity index (χ2n) is 3.68. The lowest BCUT2D eigenvalue weighted by Crippen LogP contribution is -1.90. The summed E-state index contributed by atoms with van der Waals surface area (Å²) < 4.78 is 4.29. The smallest absolute Gasteiger partial charge is 0.163 e. The Hall–Kier alpha value is -1.48. The Balaban J connectivity index is 2.11. The minimum atomic E-state index is 0.273. The second-order valence-corrected chi connectivity index (χ2v) is 4.35. The zero-order chi connectivity index (χ0) is 10.3. The molecule has 1 heterocycles. The van der Waals surface area contributed by atoms with Crippen LogP contribution in [0.3, 0.4) is 0 Å². The van der Waals surface area contributed by atoms with Gasteiger partial charge in [0.25, 0.3) is 0 Å². The minimum Gasteiger partial charge on any atom is -0.294 e. The first-order valence-corrected chi connectivity index (χ1v) is 5.75. The first-order valence-electron chi connectivity index (χ1n) is 4.91. The Morgan fingerprint density at radius 1 is 1.20 bits per heavy atom. The van der Waals surface area contributed by atoms with E-state index in [2.05, 4.69) is 10.4 Å². The van der Waals surface area contributed by atoms with Gasteiger partial charge in [0, 0.05) is 22.9 Å². The number of carbonyl (C=O) groups is 1. The Kier molecular flexibility index (Phi) is 1.92. The van der Waals surface area contributed by atoms with Crippen molar-refractivity contribution < 1.29 is 4.79 Å². The van der Waals surface area contributed by atoms with E-state index in [9.17, 15) is 4.79 Å². The highest BCUT2D eigenvalue weighted by Crippen LogP contribution is 2.27. The molecular weight excluding hydrogens is 206 g/mol. The molecule has 1 aliphatic rings. The molecule has 0 fully saturated rings. The number of hydrogen-bond acceptors (Lipinski definition) is 3. The Bertz CT molecular complexity index is 516. The fourth-order valence-electron chi connectivity index (χ4n) is 1.98. The summed E-state index contributed by atoms with van der Waals surface area (Å²) in [5.74, 6) is 0.273. The van der Waals surface area contributed by atoms with E-state index in [0.717, 1.165) is 23.2 Å². The monoisotopic (exact) mass is 215 g/mol. The first-order chi connectivity index (χ1) is 7.34. The quantitative estimate of drug-likeness (QED) is 0.732. The molecule has 0 amide bonds. The number of hydrogen-bond donors (Lipinski definition) is 0. The van der Waals surface area contributed by atoms with Crippen molar-refractivity contribution in [2.45, 2.75) is 12.8 Å². The number of aromatic nitrogens is 1. The van der Waals surface area contributed by atoms with E-state index in [1.165, 1.54) is 17.1 Å². The van der Waals surface area contributed by atoms with Crippen LogP contribution in [0.25, 0.3) is 11.3 Å². The van der Waals surface area contributed by atoms with E-state index in [4.69, 9.17) is 0 Å². The molecule has 0 aliphatic heterocycles. The lowest BCUT2D eigenvalue weighted by Gasteiger charge is -2.00. The highest BCUT2D eigenvalue weighted by Gasteiger charge is 2.19. The zero-order valence-electron chi connectivity index (χ0n) is 8.06. The van der Waals surface area contributed by atoms with Crippen molar-refractivity contribution in [3.63, 3.8) is 0 Å². The van der Waals surface area contributed by atoms with Gasteiger partial charge in [0.1, 0.15) is 0 Å². The van der Waals surface area contributed by atoms with Crippen molar-refractivity contribution in [3.05, 3.63) is 40.8 Å². The SMILES string of the molecule is O=C1CCc2cc(-c3ccsn3)ccc21. The van der Waals surface area contributed by atoms with Gasteiger partial charge < -0.3 is 0 Å². The topological polar surface area (TPSA) is 30.0 Å². The van der Waals surface area contributed by atoms with Crippen LogP contribution in [0.4, 0.5) is 0 Å². The number of aryl methyl sites for hydroxylation is 1. The highest BCUT2D eigenvalue weighted by atomic mass is 32.1. The zero-order valence-corrected chi connectivity index (χ0v) is 8.88. The van der Waals surface area contributed by atoms with Gasteiger partial charge >= 0.3 is 0 Å². The van der Waals surface area contributed by atoms with Gasteiger partial charge in [0.2, 0.25) is 0 Å². The van der Waals surface area contributed by atoms with Gasteiger partial charge in [-0.15, -0.1) is 0 Å². The molecule has 0 saturated heterocycles. The summed E-state index contributed by atoms with van der Waals surface area (Å²) in [6.07, 6.45) is 1.54. The van der Waals surface area contributed by atoms with Crippen LogP contribution in [0.15, 0.2) is 29.6 Å². The number of benzene rings is 1. The molecule has 74 valence electrons. The highest BCUT2D eigenvalue weighted by molar-refractivity contribution is 7.03. The molecule has 0 unspecified atom stereocenters. The van der Waals surface area contributed by atoms with Gasteiger partial charge in [-0.05, 0) is 35.6 Å². The summed E-state index contributed by atoms with van der Waals surface area (Å²) in [4.78, 5) is 11.4. The van der Waals surface area contributed by atoms with Crippen molar-refractivity contribution in [1.29, 1.82) is 0 Å². The number of Topliss-reactive ketones (excluding diaryl/α,β-unsaturated/α-hetero) is 1. The molecule has 1 aromatic carbocycles. The Morgan fingerprint density at radius 2 is 2.13 bits per heavy atom. The van der Waals surface area contributed by atoms with Gasteiger partial charge in [-0.2, -0.15) is 4.37 Å². The molecule has 0 radical (unpaired) electrons. The van der Waals surface area contributed by atoms with Gasteiger partial charge in [-0.25, -0.2) is 0 Å². The molecule has 15 heavy (non-hydrogen) atoms. The number of rotatable bonds is 1. The standard InChI is InChI=1S/C12H9NOS/c14-12-4-2-8-7-9(1-3-10(8)12)11-5-6-15-13-11/h1,3,5-7H,2,4H2. The summed E-state index contributed by atoms with van der Waals surface area (Å²) >= 11 is 1.45. The van der Waals surface area contributed by atoms with E-state index in [1.807, 2.05) is 23.6 Å². The van der Waals surface area contributed by atoms with E-state index >= 15 is 0 Å². The maximum absolute atomic E-state index is 11.4. The predicted octanol–water partition coefficient (Wildman–Crippen LogP) is 2.94. The average Bonchev–Trinajstić information content (AvgIpc) is 2.88. The summed E-state index contributed by atoms with van der Waals surface area (Å²) in [6, 6.07) is 8.01. The van der Waals surface area contributed by atoms with Crippen LogP contribution in [0.1, 0.15) is 22.3 Å². The van der Waals surface area contributed by atoms with Gasteiger partial charge in [0.05, 0.1) is 5.69 Å². The Labute approximate surface area is 91.7 Å². The van der Waals surface area contributed by atoms with Crippen LogP contribution in [-0.4, -0.2) is 10.2 Å². The molecule has 2 aromatic rings. The largest absolute Gasteiger partial charge is 0.294 e. The molecule has 3 rings (SSSR count). The van der Waals surface area contributed by atoms with Crippen LogP contribution >= 0.6 is 11.5 Å². The van der Waals surface area contributed by atoms with Crippen LogP contribution in [-0.2, 0) is 6.42 Å². The molecule has 0 atom stereocenters. The summed E-state index contributed by atoms with van der Waals surface area (Å²) in [5.41, 5.74) is 4.19. The lowest BCUT2D eigenvalue weighted by atomic mass is 10.0. The molecule has 3 heteroatoms. The van der Waals surface area contributed by atoms with E-state index < -0.39 is 0 Å². The van der Waals surface area contributed by atoms with Gasteiger partial charge in [-0.1, -0.05) is 12.1 Å². The molecule has 1 aliphatic carbocycles. The summed E-state index contributed by atoms with van der Waals surface area (Å²) in [6.45, 7) is 0. The summed E-state index contributed by atoms with van der Waals surface area (Å²) in [7, 11) is 0. The van der Waals surface area contributed by atoms with Gasteiger partial charge in [0.15, 0.2) is 5.78 Å². The Morgan fingerprint density at radius 3 is 2.93 bits per heavy atom. The molecule has 1 aromatic heterocycles. The van der Waals surface area contributed by atoms with Crippen molar-refractivity contribution in [2.75, 3.05) is 0 Å². The molecule has 0 spiro atoms. The summed E-state index contributed by atoms with van der Waals surface area (Å²) in [5, 5.41) is 1.97. The van der Waals surface area contributed by atoms with Crippen molar-refractivity contribution >= 4 is 17.3 Å². The third kappa shape index (κ3) is 1.39. The molecule has 0 saturated carbocycles. The first kappa shape index (κ1) is 8.80. The van der Waals surface area contributed by atoms with Crippen molar-refractivity contribution in [1.82, 2.24) is 4.37 Å². The number of carbonyl (C=O) groups excluding carboxylic acids is 1. The number of ketones is 1. The molecule has 0 N–H and O–H groups in total. The van der Waals surface area contributed by atoms with Gasteiger partial charge in [-0.3, -0.25) is 4.79 Å². The minimum absolute atomic E-state index is 0.273. The van der Waals surface area contributed by atoms with E-state index in [0.29, 0.717) is 6.42 Å². The van der Waals surface area contributed by atoms with E-state index in [-0.39, 0.29) is 5.78 Å². The van der Waals surface area contributed by atoms with E-state index in [1.54, 1.807) is 0 Å². The average molecular weight is 215 g/mol. The maximum Gasteiger partial charge on any atom is 0.163 e. The third-order valence-corrected chi connectivity index (χ3v) is 3.32. The molecular formula is C12H9NOS. The van der Waals surface area contributed by atoms with Crippen LogP contribution < -0.4 is 0 Å². The van der Waals surface area contributed by atoms with Crippen molar-refractivity contribution in [2.24, 2.45) is 0 Å². The van der Waals surface area contributed by atoms with Crippen molar-refractivity contribution in [3.8, 4) is 11.3 Å². The molecule has 0 bridgehead atoms. The predicted molar refractivity (Wildman–Crippen MR) is 60.2 cm³/mol.